The van der Waals surface area contributed by atoms with E-state index in [2.05, 4.69) is 5.16 Å². The van der Waals surface area contributed by atoms with Gasteiger partial charge in [0.15, 0.2) is 5.76 Å². The Labute approximate surface area is 93.0 Å². The van der Waals surface area contributed by atoms with Crippen LogP contribution in [0.4, 0.5) is 5.69 Å². The van der Waals surface area contributed by atoms with Crippen molar-refractivity contribution in [2.75, 3.05) is 5.73 Å². The molecule has 0 fully saturated rings. The van der Waals surface area contributed by atoms with Crippen molar-refractivity contribution >= 4 is 17.8 Å². The second kappa shape index (κ2) is 4.10. The maximum absolute atomic E-state index is 9.12. The van der Waals surface area contributed by atoms with E-state index in [9.17, 15) is 0 Å². The standard InChI is InChI=1S/C12H12N2O2/c1-8-12(13)11(16-14-8)7-4-9-2-5-10(15)6-3-9/h2-7,15H,13H2,1H3/b7-4+. The van der Waals surface area contributed by atoms with E-state index < -0.39 is 0 Å². The van der Waals surface area contributed by atoms with Crippen molar-refractivity contribution in [2.24, 2.45) is 0 Å². The lowest BCUT2D eigenvalue weighted by molar-refractivity contribution is 0.408. The molecule has 0 bridgehead atoms. The van der Waals surface area contributed by atoms with Gasteiger partial charge in [-0.15, -0.1) is 0 Å². The number of hydrogen-bond donors (Lipinski definition) is 2. The van der Waals surface area contributed by atoms with Gasteiger partial charge in [-0.1, -0.05) is 23.4 Å². The molecule has 4 nitrogen and oxygen atoms in total. The maximum atomic E-state index is 9.12. The Balaban J connectivity index is 2.21. The number of phenolic OH excluding ortho intramolecular Hbond substituents is 1. The van der Waals surface area contributed by atoms with Crippen molar-refractivity contribution in [3.05, 3.63) is 41.3 Å². The van der Waals surface area contributed by atoms with E-state index in [0.717, 1.165) is 5.56 Å². The summed E-state index contributed by atoms with van der Waals surface area (Å²) in [5.41, 5.74) is 7.93. The summed E-state index contributed by atoms with van der Waals surface area (Å²) in [6.07, 6.45) is 3.59. The van der Waals surface area contributed by atoms with Crippen LogP contribution in [0.3, 0.4) is 0 Å². The first-order valence-corrected chi connectivity index (χ1v) is 4.85. The number of aromatic hydroxyl groups is 1. The lowest BCUT2D eigenvalue weighted by Crippen LogP contribution is -1.86. The largest absolute Gasteiger partial charge is 0.508 e. The lowest BCUT2D eigenvalue weighted by atomic mass is 10.2. The molecular formula is C12H12N2O2. The number of hydrogen-bond acceptors (Lipinski definition) is 4. The van der Waals surface area contributed by atoms with Crippen molar-refractivity contribution in [3.63, 3.8) is 0 Å². The van der Waals surface area contributed by atoms with Crippen LogP contribution >= 0.6 is 0 Å². The van der Waals surface area contributed by atoms with Crippen molar-refractivity contribution in [2.45, 2.75) is 6.92 Å². The Bertz CT molecular complexity index is 512. The summed E-state index contributed by atoms with van der Waals surface area (Å²) in [4.78, 5) is 0. The minimum Gasteiger partial charge on any atom is -0.508 e. The van der Waals surface area contributed by atoms with Crippen molar-refractivity contribution < 1.29 is 9.63 Å². The summed E-state index contributed by atoms with van der Waals surface area (Å²) >= 11 is 0. The molecule has 0 radical (unpaired) electrons. The molecule has 1 aromatic heterocycles. The Morgan fingerprint density at radius 1 is 1.25 bits per heavy atom. The topological polar surface area (TPSA) is 72.3 Å². The van der Waals surface area contributed by atoms with E-state index in [4.69, 9.17) is 15.4 Å². The van der Waals surface area contributed by atoms with E-state index in [0.29, 0.717) is 17.1 Å². The first-order chi connectivity index (χ1) is 7.66. The van der Waals surface area contributed by atoms with Gasteiger partial charge in [-0.2, -0.15) is 0 Å². The Morgan fingerprint density at radius 3 is 2.50 bits per heavy atom. The molecule has 2 aromatic rings. The second-order valence-electron chi connectivity index (χ2n) is 3.47. The fourth-order valence-corrected chi connectivity index (χ4v) is 1.27. The van der Waals surface area contributed by atoms with Crippen LogP contribution in [0.1, 0.15) is 17.0 Å². The van der Waals surface area contributed by atoms with Crippen molar-refractivity contribution in [3.8, 4) is 5.75 Å². The lowest BCUT2D eigenvalue weighted by Gasteiger charge is -1.93. The smallest absolute Gasteiger partial charge is 0.182 e. The predicted molar refractivity (Wildman–Crippen MR) is 62.7 cm³/mol. The number of nitrogens with two attached hydrogens (primary N) is 1. The van der Waals surface area contributed by atoms with E-state index in [1.165, 1.54) is 0 Å². The highest BCUT2D eigenvalue weighted by molar-refractivity contribution is 5.73. The molecule has 1 aromatic carbocycles. The fraction of sp³-hybridized carbons (Fsp3) is 0.0833. The van der Waals surface area contributed by atoms with Gasteiger partial charge in [0, 0.05) is 0 Å². The normalized spacial score (nSPS) is 11.1. The number of rotatable bonds is 2. The third kappa shape index (κ3) is 2.06. The van der Waals surface area contributed by atoms with E-state index in [1.807, 2.05) is 6.08 Å². The van der Waals surface area contributed by atoms with Gasteiger partial charge >= 0.3 is 0 Å². The molecule has 0 aliphatic rings. The monoisotopic (exact) mass is 216 g/mol. The minimum atomic E-state index is 0.243. The summed E-state index contributed by atoms with van der Waals surface area (Å²) in [5, 5.41) is 12.9. The van der Waals surface area contributed by atoms with Crippen LogP contribution < -0.4 is 5.73 Å². The number of benzene rings is 1. The van der Waals surface area contributed by atoms with Crippen LogP contribution in [0.25, 0.3) is 12.2 Å². The number of nitrogens with zero attached hydrogens (tertiary/aromatic N) is 1. The molecule has 3 N–H and O–H groups in total. The number of aryl methyl sites for hydroxylation is 1. The number of aromatic nitrogens is 1. The Kier molecular flexibility index (Phi) is 2.64. The van der Waals surface area contributed by atoms with Crippen LogP contribution in [0.5, 0.6) is 5.75 Å². The third-order valence-corrected chi connectivity index (χ3v) is 2.26. The molecule has 4 heteroatoms. The van der Waals surface area contributed by atoms with Gasteiger partial charge in [0.05, 0.1) is 0 Å². The molecule has 1 heterocycles. The zero-order chi connectivity index (χ0) is 11.5. The molecule has 82 valence electrons. The summed E-state index contributed by atoms with van der Waals surface area (Å²) in [6, 6.07) is 6.83. The van der Waals surface area contributed by atoms with Crippen LogP contribution in [0, 0.1) is 6.92 Å². The molecular weight excluding hydrogens is 204 g/mol. The highest BCUT2D eigenvalue weighted by Crippen LogP contribution is 2.19. The SMILES string of the molecule is Cc1noc(/C=C/c2ccc(O)cc2)c1N. The molecule has 0 unspecified atom stereocenters. The molecule has 2 rings (SSSR count). The van der Waals surface area contributed by atoms with E-state index in [1.54, 1.807) is 37.3 Å². The second-order valence-corrected chi connectivity index (χ2v) is 3.47. The van der Waals surface area contributed by atoms with Gasteiger partial charge in [0.1, 0.15) is 17.1 Å². The zero-order valence-electron chi connectivity index (χ0n) is 8.84. The first-order valence-electron chi connectivity index (χ1n) is 4.85. The van der Waals surface area contributed by atoms with E-state index >= 15 is 0 Å². The Hall–Kier alpha value is -2.23. The van der Waals surface area contributed by atoms with Crippen molar-refractivity contribution in [1.82, 2.24) is 5.16 Å². The van der Waals surface area contributed by atoms with Gasteiger partial charge in [-0.05, 0) is 30.7 Å². The first kappa shape index (κ1) is 10.3. The molecule has 0 spiro atoms. The summed E-state index contributed by atoms with van der Waals surface area (Å²) in [6.45, 7) is 1.79. The van der Waals surface area contributed by atoms with Crippen LogP contribution in [0.2, 0.25) is 0 Å². The molecule has 0 atom stereocenters. The molecule has 0 aliphatic heterocycles. The Morgan fingerprint density at radius 2 is 1.94 bits per heavy atom. The van der Waals surface area contributed by atoms with Gasteiger partial charge in [-0.25, -0.2) is 0 Å². The van der Waals surface area contributed by atoms with Gasteiger partial charge in [0.2, 0.25) is 0 Å². The number of phenols is 1. The third-order valence-electron chi connectivity index (χ3n) is 2.26. The molecule has 0 saturated carbocycles. The molecule has 0 saturated heterocycles. The summed E-state index contributed by atoms with van der Waals surface area (Å²) in [5.74, 6) is 0.790. The minimum absolute atomic E-state index is 0.243. The van der Waals surface area contributed by atoms with Crippen LogP contribution in [0.15, 0.2) is 28.8 Å². The molecule has 0 aliphatic carbocycles. The quantitative estimate of drug-likeness (QED) is 0.808. The predicted octanol–water partition coefficient (Wildman–Crippen LogP) is 2.44. The van der Waals surface area contributed by atoms with Gasteiger partial charge < -0.3 is 15.4 Å². The summed E-state index contributed by atoms with van der Waals surface area (Å²) < 4.78 is 5.03. The van der Waals surface area contributed by atoms with Crippen LogP contribution in [-0.4, -0.2) is 10.3 Å². The average Bonchev–Trinajstić information content (AvgIpc) is 2.60. The number of anilines is 1. The average molecular weight is 216 g/mol. The van der Waals surface area contributed by atoms with E-state index in [-0.39, 0.29) is 5.75 Å². The number of nitrogen functional groups attached to an aromatic ring is 1. The zero-order valence-corrected chi connectivity index (χ0v) is 8.84. The fourth-order valence-electron chi connectivity index (χ4n) is 1.27. The maximum Gasteiger partial charge on any atom is 0.182 e. The van der Waals surface area contributed by atoms with Crippen molar-refractivity contribution in [1.29, 1.82) is 0 Å². The highest BCUT2D eigenvalue weighted by Gasteiger charge is 2.04. The molecule has 16 heavy (non-hydrogen) atoms. The molecule has 0 amide bonds. The van der Waals surface area contributed by atoms with Gasteiger partial charge in [0.25, 0.3) is 0 Å². The van der Waals surface area contributed by atoms with Gasteiger partial charge in [-0.3, -0.25) is 0 Å². The van der Waals surface area contributed by atoms with Crippen LogP contribution in [-0.2, 0) is 0 Å². The highest BCUT2D eigenvalue weighted by atomic mass is 16.5. The summed E-state index contributed by atoms with van der Waals surface area (Å²) in [7, 11) is 0.